The summed E-state index contributed by atoms with van der Waals surface area (Å²) in [4.78, 5) is 27.5. The lowest BCUT2D eigenvalue weighted by molar-refractivity contribution is -0.122. The SMILES string of the molecule is COc1ccc(N2C(=O)CC(N(CCc3cccc(Cl)c3)S(=O)(=O)c3ccc(C)cc3)C2=O)cc1. The van der Waals surface area contributed by atoms with Crippen LogP contribution in [-0.4, -0.2) is 44.2 Å². The van der Waals surface area contributed by atoms with Crippen molar-refractivity contribution < 1.29 is 22.7 Å². The molecule has 182 valence electrons. The van der Waals surface area contributed by atoms with Gasteiger partial charge in [-0.1, -0.05) is 41.4 Å². The zero-order valence-electron chi connectivity index (χ0n) is 19.3. The number of imide groups is 1. The second kappa shape index (κ2) is 10.2. The number of carbonyl (C=O) groups is 2. The molecule has 1 aliphatic heterocycles. The van der Waals surface area contributed by atoms with E-state index in [9.17, 15) is 18.0 Å². The molecule has 0 bridgehead atoms. The number of aryl methyl sites for hydroxylation is 1. The first-order chi connectivity index (χ1) is 16.7. The van der Waals surface area contributed by atoms with Crippen molar-refractivity contribution in [2.75, 3.05) is 18.6 Å². The lowest BCUT2D eigenvalue weighted by Crippen LogP contribution is -2.46. The standard InChI is InChI=1S/C26H25ClN2O5S/c1-18-6-12-23(13-7-18)35(32,33)28(15-14-19-4-3-5-20(27)16-19)24-17-25(30)29(26(24)31)21-8-10-22(34-2)11-9-21/h3-13,16,24H,14-15,17H2,1-2H3. The molecule has 0 aliphatic carbocycles. The number of benzene rings is 3. The third-order valence-corrected chi connectivity index (χ3v) is 8.10. The van der Waals surface area contributed by atoms with Gasteiger partial charge in [-0.15, -0.1) is 0 Å². The molecule has 35 heavy (non-hydrogen) atoms. The number of nitrogens with zero attached hydrogens (tertiary/aromatic N) is 2. The number of halogens is 1. The Morgan fingerprint density at radius 1 is 1.03 bits per heavy atom. The Balaban J connectivity index is 1.68. The molecule has 4 rings (SSSR count). The van der Waals surface area contributed by atoms with Crippen LogP contribution in [0.25, 0.3) is 0 Å². The van der Waals surface area contributed by atoms with E-state index in [0.29, 0.717) is 22.9 Å². The zero-order valence-corrected chi connectivity index (χ0v) is 20.9. The Hall–Kier alpha value is -3.20. The van der Waals surface area contributed by atoms with Gasteiger partial charge in [-0.2, -0.15) is 4.31 Å². The second-order valence-electron chi connectivity index (χ2n) is 8.29. The van der Waals surface area contributed by atoms with Gasteiger partial charge in [-0.25, -0.2) is 13.3 Å². The number of ether oxygens (including phenoxy) is 1. The van der Waals surface area contributed by atoms with Gasteiger partial charge in [0, 0.05) is 11.6 Å². The highest BCUT2D eigenvalue weighted by Crippen LogP contribution is 2.30. The largest absolute Gasteiger partial charge is 0.497 e. The minimum atomic E-state index is -4.07. The number of methoxy groups -OCH3 is 1. The van der Waals surface area contributed by atoms with Crippen LogP contribution in [0, 0.1) is 6.92 Å². The Bertz CT molecular complexity index is 1340. The Labute approximate surface area is 209 Å². The monoisotopic (exact) mass is 512 g/mol. The molecule has 0 radical (unpaired) electrons. The number of sulfonamides is 1. The van der Waals surface area contributed by atoms with Gasteiger partial charge in [0.1, 0.15) is 11.8 Å². The molecule has 1 saturated heterocycles. The molecule has 0 spiro atoms. The molecule has 7 nitrogen and oxygen atoms in total. The van der Waals surface area contributed by atoms with Gasteiger partial charge in [-0.3, -0.25) is 9.59 Å². The van der Waals surface area contributed by atoms with Gasteiger partial charge in [0.2, 0.25) is 15.9 Å². The molecular weight excluding hydrogens is 488 g/mol. The van der Waals surface area contributed by atoms with Crippen LogP contribution in [0.1, 0.15) is 17.5 Å². The molecule has 2 amide bonds. The van der Waals surface area contributed by atoms with Gasteiger partial charge < -0.3 is 4.74 Å². The van der Waals surface area contributed by atoms with E-state index < -0.39 is 27.9 Å². The fraction of sp³-hybridized carbons (Fsp3) is 0.231. The van der Waals surface area contributed by atoms with Crippen molar-refractivity contribution in [2.45, 2.75) is 30.7 Å². The molecule has 1 heterocycles. The van der Waals surface area contributed by atoms with Gasteiger partial charge >= 0.3 is 0 Å². The summed E-state index contributed by atoms with van der Waals surface area (Å²) in [5, 5.41) is 0.535. The Morgan fingerprint density at radius 2 is 1.71 bits per heavy atom. The minimum absolute atomic E-state index is 0.0106. The molecular formula is C26H25ClN2O5S. The van der Waals surface area contributed by atoms with Crippen LogP contribution in [0.3, 0.4) is 0 Å². The molecule has 1 unspecified atom stereocenters. The van der Waals surface area contributed by atoms with E-state index in [-0.39, 0.29) is 17.9 Å². The van der Waals surface area contributed by atoms with Crippen molar-refractivity contribution in [3.05, 3.63) is 88.9 Å². The summed E-state index contributed by atoms with van der Waals surface area (Å²) in [7, 11) is -2.55. The third kappa shape index (κ3) is 5.24. The summed E-state index contributed by atoms with van der Waals surface area (Å²) in [5.41, 5.74) is 2.10. The molecule has 9 heteroatoms. The highest BCUT2D eigenvalue weighted by molar-refractivity contribution is 7.89. The van der Waals surface area contributed by atoms with Crippen LogP contribution in [-0.2, 0) is 26.0 Å². The minimum Gasteiger partial charge on any atom is -0.497 e. The van der Waals surface area contributed by atoms with Crippen LogP contribution < -0.4 is 9.64 Å². The Morgan fingerprint density at radius 3 is 2.34 bits per heavy atom. The van der Waals surface area contributed by atoms with Gasteiger partial charge in [0.05, 0.1) is 24.1 Å². The number of hydrogen-bond donors (Lipinski definition) is 0. The summed E-state index contributed by atoms with van der Waals surface area (Å²) < 4.78 is 33.7. The smallest absolute Gasteiger partial charge is 0.252 e. The second-order valence-corrected chi connectivity index (χ2v) is 10.6. The van der Waals surface area contributed by atoms with Crippen molar-refractivity contribution in [1.29, 1.82) is 0 Å². The maximum Gasteiger partial charge on any atom is 0.252 e. The molecule has 3 aromatic rings. The summed E-state index contributed by atoms with van der Waals surface area (Å²) in [6, 6.07) is 18.9. The van der Waals surface area contributed by atoms with Gasteiger partial charge in [0.25, 0.3) is 5.91 Å². The summed E-state index contributed by atoms with van der Waals surface area (Å²) in [6.07, 6.45) is 0.0810. The number of carbonyl (C=O) groups excluding carboxylic acids is 2. The fourth-order valence-electron chi connectivity index (χ4n) is 4.06. The number of amides is 2. The lowest BCUT2D eigenvalue weighted by Gasteiger charge is -2.27. The Kier molecular flexibility index (Phi) is 7.25. The molecule has 3 aromatic carbocycles. The maximum atomic E-state index is 13.7. The topological polar surface area (TPSA) is 84.0 Å². The van der Waals surface area contributed by atoms with E-state index in [1.807, 2.05) is 13.0 Å². The zero-order chi connectivity index (χ0) is 25.2. The number of anilines is 1. The summed E-state index contributed by atoms with van der Waals surface area (Å²) in [6.45, 7) is 1.87. The van der Waals surface area contributed by atoms with Crippen LogP contribution in [0.5, 0.6) is 5.75 Å². The van der Waals surface area contributed by atoms with E-state index in [0.717, 1.165) is 20.3 Å². The normalized spacial score (nSPS) is 16.2. The van der Waals surface area contributed by atoms with Crippen molar-refractivity contribution in [2.24, 2.45) is 0 Å². The first kappa shape index (κ1) is 24.9. The van der Waals surface area contributed by atoms with Crippen molar-refractivity contribution >= 4 is 39.1 Å². The molecule has 1 aliphatic rings. The quantitative estimate of drug-likeness (QED) is 0.422. The molecule has 0 N–H and O–H groups in total. The van der Waals surface area contributed by atoms with Crippen LogP contribution in [0.15, 0.2) is 77.7 Å². The number of hydrogen-bond acceptors (Lipinski definition) is 5. The highest BCUT2D eigenvalue weighted by atomic mass is 35.5. The average Bonchev–Trinajstić information content (AvgIpc) is 3.13. The molecule has 0 saturated carbocycles. The first-order valence-corrected chi connectivity index (χ1v) is 12.9. The van der Waals surface area contributed by atoms with E-state index >= 15 is 0 Å². The third-order valence-electron chi connectivity index (χ3n) is 5.94. The first-order valence-electron chi connectivity index (χ1n) is 11.0. The highest BCUT2D eigenvalue weighted by Gasteiger charge is 2.46. The predicted molar refractivity (Wildman–Crippen MR) is 134 cm³/mol. The predicted octanol–water partition coefficient (Wildman–Crippen LogP) is 4.22. The van der Waals surface area contributed by atoms with Crippen molar-refractivity contribution in [3.8, 4) is 5.75 Å². The molecule has 1 atom stereocenters. The van der Waals surface area contributed by atoms with Crippen molar-refractivity contribution in [3.63, 3.8) is 0 Å². The van der Waals surface area contributed by atoms with Gasteiger partial charge in [-0.05, 0) is 67.4 Å². The maximum absolute atomic E-state index is 13.7. The van der Waals surface area contributed by atoms with E-state index in [1.54, 1.807) is 54.6 Å². The summed E-state index contributed by atoms with van der Waals surface area (Å²) in [5.74, 6) is -0.464. The van der Waals surface area contributed by atoms with Crippen LogP contribution in [0.2, 0.25) is 5.02 Å². The van der Waals surface area contributed by atoms with Gasteiger partial charge in [0.15, 0.2) is 0 Å². The average molecular weight is 513 g/mol. The summed E-state index contributed by atoms with van der Waals surface area (Å²) >= 11 is 6.09. The van der Waals surface area contributed by atoms with Crippen LogP contribution in [0.4, 0.5) is 5.69 Å². The number of rotatable bonds is 8. The van der Waals surface area contributed by atoms with Crippen molar-refractivity contribution in [1.82, 2.24) is 4.31 Å². The van der Waals surface area contributed by atoms with Crippen LogP contribution >= 0.6 is 11.6 Å². The van der Waals surface area contributed by atoms with E-state index in [1.165, 1.54) is 19.2 Å². The van der Waals surface area contributed by atoms with E-state index in [2.05, 4.69) is 0 Å². The fourth-order valence-corrected chi connectivity index (χ4v) is 5.86. The molecule has 0 aromatic heterocycles. The molecule has 1 fully saturated rings. The van der Waals surface area contributed by atoms with E-state index in [4.69, 9.17) is 16.3 Å². The lowest BCUT2D eigenvalue weighted by atomic mass is 10.1.